The Morgan fingerprint density at radius 2 is 1.75 bits per heavy atom. The molecule has 0 radical (unpaired) electrons. The van der Waals surface area contributed by atoms with E-state index in [1.807, 2.05) is 6.92 Å². The van der Waals surface area contributed by atoms with E-state index in [0.717, 1.165) is 19.4 Å². The molecule has 0 heterocycles. The van der Waals surface area contributed by atoms with Gasteiger partial charge in [-0.1, -0.05) is 55.6 Å². The third kappa shape index (κ3) is 4.22. The molecule has 20 heavy (non-hydrogen) atoms. The molecule has 0 spiro atoms. The molecule has 1 atom stereocenters. The highest BCUT2D eigenvalue weighted by Gasteiger charge is 2.34. The fraction of sp³-hybridized carbons (Fsp3) is 0.600. The van der Waals surface area contributed by atoms with Crippen molar-refractivity contribution in [2.45, 2.75) is 45.8 Å². The monoisotopic (exact) mass is 351 g/mol. The molecule has 0 amide bonds. The Bertz CT molecular complexity index is 428. The molecule has 1 aromatic carbocycles. The van der Waals surface area contributed by atoms with E-state index in [-0.39, 0.29) is 10.5 Å². The summed E-state index contributed by atoms with van der Waals surface area (Å²) in [7, 11) is 0. The molecule has 0 aliphatic heterocycles. The van der Waals surface area contributed by atoms with Gasteiger partial charge in [-0.3, -0.25) is 0 Å². The molecular formula is C15H21BrF3N. The highest BCUT2D eigenvalue weighted by Crippen LogP contribution is 2.37. The maximum absolute atomic E-state index is 13.0. The number of nitrogens with one attached hydrogen (secondary N) is 1. The number of hydrogen-bond acceptors (Lipinski definition) is 1. The number of alkyl halides is 3. The minimum atomic E-state index is -4.33. The van der Waals surface area contributed by atoms with Crippen LogP contribution < -0.4 is 5.32 Å². The molecule has 1 N–H and O–H groups in total. The van der Waals surface area contributed by atoms with Crippen molar-refractivity contribution in [1.29, 1.82) is 0 Å². The Morgan fingerprint density at radius 3 is 2.20 bits per heavy atom. The van der Waals surface area contributed by atoms with Crippen LogP contribution >= 0.6 is 15.9 Å². The lowest BCUT2D eigenvalue weighted by Crippen LogP contribution is -2.28. The summed E-state index contributed by atoms with van der Waals surface area (Å²) >= 11 is 2.99. The van der Waals surface area contributed by atoms with Crippen LogP contribution in [0.1, 0.15) is 50.8 Å². The molecule has 0 aliphatic rings. The topological polar surface area (TPSA) is 12.0 Å². The molecule has 5 heteroatoms. The van der Waals surface area contributed by atoms with E-state index in [2.05, 4.69) is 35.1 Å². The van der Waals surface area contributed by atoms with Crippen molar-refractivity contribution >= 4 is 15.9 Å². The second kappa shape index (κ2) is 7.46. The van der Waals surface area contributed by atoms with Gasteiger partial charge in [-0.2, -0.15) is 13.2 Å². The fourth-order valence-electron chi connectivity index (χ4n) is 2.49. The minimum Gasteiger partial charge on any atom is -0.310 e. The summed E-state index contributed by atoms with van der Waals surface area (Å²) in [6.07, 6.45) is -2.46. The van der Waals surface area contributed by atoms with Crippen LogP contribution in [-0.4, -0.2) is 6.54 Å². The van der Waals surface area contributed by atoms with Crippen molar-refractivity contribution in [3.63, 3.8) is 0 Å². The van der Waals surface area contributed by atoms with E-state index >= 15 is 0 Å². The first-order valence-corrected chi connectivity index (χ1v) is 7.74. The van der Waals surface area contributed by atoms with Gasteiger partial charge in [-0.05, 0) is 30.2 Å². The molecule has 1 unspecified atom stereocenters. The molecule has 114 valence electrons. The van der Waals surface area contributed by atoms with Gasteiger partial charge in [0.2, 0.25) is 0 Å². The fourth-order valence-corrected chi connectivity index (χ4v) is 2.96. The van der Waals surface area contributed by atoms with Crippen LogP contribution in [0.3, 0.4) is 0 Å². The lowest BCUT2D eigenvalue weighted by atomic mass is 9.88. The Balaban J connectivity index is 3.21. The van der Waals surface area contributed by atoms with E-state index in [0.29, 0.717) is 11.5 Å². The second-order valence-electron chi connectivity index (χ2n) is 4.85. The van der Waals surface area contributed by atoms with Gasteiger partial charge in [0.1, 0.15) is 0 Å². The van der Waals surface area contributed by atoms with Gasteiger partial charge >= 0.3 is 6.18 Å². The van der Waals surface area contributed by atoms with Gasteiger partial charge in [0.15, 0.2) is 0 Å². The summed E-state index contributed by atoms with van der Waals surface area (Å²) in [6.45, 7) is 6.85. The van der Waals surface area contributed by atoms with Crippen LogP contribution in [0.25, 0.3) is 0 Å². The standard InChI is InChI=1S/C15H21BrF3N/c1-4-10(5-2)14(20-6-3)11-7-8-13(16)12(9-11)15(17,18)19/h7-10,14,20H,4-6H2,1-3H3. The van der Waals surface area contributed by atoms with Crippen LogP contribution in [0, 0.1) is 5.92 Å². The van der Waals surface area contributed by atoms with Gasteiger partial charge < -0.3 is 5.32 Å². The van der Waals surface area contributed by atoms with Crippen LogP contribution in [0.15, 0.2) is 22.7 Å². The molecule has 0 saturated heterocycles. The Labute approximate surface area is 127 Å². The average molecular weight is 352 g/mol. The van der Waals surface area contributed by atoms with Gasteiger partial charge in [-0.15, -0.1) is 0 Å². The third-order valence-electron chi connectivity index (χ3n) is 3.60. The molecular weight excluding hydrogens is 331 g/mol. The zero-order valence-corrected chi connectivity index (χ0v) is 13.6. The number of rotatable bonds is 6. The van der Waals surface area contributed by atoms with E-state index in [9.17, 15) is 13.2 Å². The Hall–Kier alpha value is -0.550. The molecule has 1 rings (SSSR count). The smallest absolute Gasteiger partial charge is 0.310 e. The maximum atomic E-state index is 13.0. The molecule has 0 aromatic heterocycles. The normalized spacial score (nSPS) is 13.8. The predicted octanol–water partition coefficient (Wildman–Crippen LogP) is 5.55. The maximum Gasteiger partial charge on any atom is 0.417 e. The number of hydrogen-bond donors (Lipinski definition) is 1. The number of halogens is 4. The van der Waals surface area contributed by atoms with Crippen molar-refractivity contribution < 1.29 is 13.2 Å². The Kier molecular flexibility index (Phi) is 6.52. The van der Waals surface area contributed by atoms with Crippen LogP contribution in [0.5, 0.6) is 0 Å². The zero-order valence-electron chi connectivity index (χ0n) is 12.0. The van der Waals surface area contributed by atoms with Gasteiger partial charge in [-0.25, -0.2) is 0 Å². The summed E-state index contributed by atoms with van der Waals surface area (Å²) in [5.74, 6) is 0.331. The summed E-state index contributed by atoms with van der Waals surface area (Å²) in [5, 5.41) is 3.32. The highest BCUT2D eigenvalue weighted by molar-refractivity contribution is 9.10. The average Bonchev–Trinajstić information content (AvgIpc) is 2.38. The van der Waals surface area contributed by atoms with Crippen molar-refractivity contribution in [3.05, 3.63) is 33.8 Å². The Morgan fingerprint density at radius 1 is 1.15 bits per heavy atom. The molecule has 0 bridgehead atoms. The first kappa shape index (κ1) is 17.5. The van der Waals surface area contributed by atoms with Crippen molar-refractivity contribution in [2.75, 3.05) is 6.54 Å². The van der Waals surface area contributed by atoms with Gasteiger partial charge in [0, 0.05) is 10.5 Å². The van der Waals surface area contributed by atoms with Crippen LogP contribution in [0.2, 0.25) is 0 Å². The quantitative estimate of drug-likeness (QED) is 0.707. The first-order valence-electron chi connectivity index (χ1n) is 6.95. The minimum absolute atomic E-state index is 0.0378. The molecule has 0 aliphatic carbocycles. The highest BCUT2D eigenvalue weighted by atomic mass is 79.9. The lowest BCUT2D eigenvalue weighted by molar-refractivity contribution is -0.138. The molecule has 1 aromatic rings. The zero-order chi connectivity index (χ0) is 15.3. The van der Waals surface area contributed by atoms with Crippen molar-refractivity contribution in [2.24, 2.45) is 5.92 Å². The first-order chi connectivity index (χ1) is 9.35. The van der Waals surface area contributed by atoms with E-state index in [1.54, 1.807) is 6.07 Å². The summed E-state index contributed by atoms with van der Waals surface area (Å²) in [4.78, 5) is 0. The summed E-state index contributed by atoms with van der Waals surface area (Å²) < 4.78 is 39.1. The third-order valence-corrected chi connectivity index (χ3v) is 4.29. The second-order valence-corrected chi connectivity index (χ2v) is 5.70. The van der Waals surface area contributed by atoms with Gasteiger partial charge in [0.25, 0.3) is 0 Å². The van der Waals surface area contributed by atoms with Crippen LogP contribution in [0.4, 0.5) is 13.2 Å². The molecule has 0 fully saturated rings. The van der Waals surface area contributed by atoms with Crippen molar-refractivity contribution in [1.82, 2.24) is 5.32 Å². The largest absolute Gasteiger partial charge is 0.417 e. The van der Waals surface area contributed by atoms with Crippen LogP contribution in [-0.2, 0) is 6.18 Å². The lowest BCUT2D eigenvalue weighted by Gasteiger charge is -2.27. The SMILES string of the molecule is CCNC(c1ccc(Br)c(C(F)(F)F)c1)C(CC)CC. The molecule has 0 saturated carbocycles. The number of benzene rings is 1. The van der Waals surface area contributed by atoms with E-state index in [4.69, 9.17) is 0 Å². The molecule has 1 nitrogen and oxygen atoms in total. The summed E-state index contributed by atoms with van der Waals surface area (Å²) in [6, 6.07) is 4.48. The summed E-state index contributed by atoms with van der Waals surface area (Å²) in [5.41, 5.74) is 0.0972. The van der Waals surface area contributed by atoms with Crippen molar-refractivity contribution in [3.8, 4) is 0 Å². The predicted molar refractivity (Wildman–Crippen MR) is 79.6 cm³/mol. The van der Waals surface area contributed by atoms with Gasteiger partial charge in [0.05, 0.1) is 5.56 Å². The van der Waals surface area contributed by atoms with E-state index in [1.165, 1.54) is 12.1 Å². The van der Waals surface area contributed by atoms with E-state index < -0.39 is 11.7 Å².